The van der Waals surface area contributed by atoms with Gasteiger partial charge in [-0.25, -0.2) is 4.79 Å². The molecule has 0 spiro atoms. The van der Waals surface area contributed by atoms with Gasteiger partial charge in [0, 0.05) is 13.0 Å². The Morgan fingerprint density at radius 1 is 0.964 bits per heavy atom. The Labute approximate surface area is 160 Å². The Bertz CT molecular complexity index is 755. The highest BCUT2D eigenvalue weighted by atomic mass is 19.4. The Morgan fingerprint density at radius 2 is 1.57 bits per heavy atom. The third kappa shape index (κ3) is 7.98. The number of rotatable bonds is 8. The van der Waals surface area contributed by atoms with Gasteiger partial charge in [-0.05, 0) is 17.7 Å². The summed E-state index contributed by atoms with van der Waals surface area (Å²) >= 11 is 0. The van der Waals surface area contributed by atoms with Crippen LogP contribution in [-0.2, 0) is 16.1 Å². The van der Waals surface area contributed by atoms with Gasteiger partial charge in [0.15, 0.2) is 6.61 Å². The molecule has 0 unspecified atom stereocenters. The van der Waals surface area contributed by atoms with E-state index >= 15 is 0 Å². The van der Waals surface area contributed by atoms with E-state index in [1.54, 1.807) is 5.01 Å². The van der Waals surface area contributed by atoms with Crippen LogP contribution in [0.4, 0.5) is 23.7 Å². The normalized spacial score (nSPS) is 10.8. The molecule has 0 saturated carbocycles. The molecule has 2 N–H and O–H groups in total. The van der Waals surface area contributed by atoms with Crippen molar-refractivity contribution in [3.8, 4) is 0 Å². The molecule has 0 aromatic heterocycles. The van der Waals surface area contributed by atoms with Crippen molar-refractivity contribution in [2.75, 3.05) is 18.2 Å². The average Bonchev–Trinajstić information content (AvgIpc) is 2.67. The predicted molar refractivity (Wildman–Crippen MR) is 97.2 cm³/mol. The zero-order chi connectivity index (χ0) is 20.4. The molecule has 0 saturated heterocycles. The van der Waals surface area contributed by atoms with Crippen LogP contribution in [0.3, 0.4) is 0 Å². The third-order valence-electron chi connectivity index (χ3n) is 3.50. The van der Waals surface area contributed by atoms with E-state index in [1.807, 2.05) is 60.7 Å². The van der Waals surface area contributed by atoms with Crippen molar-refractivity contribution in [3.05, 3.63) is 66.2 Å². The second-order valence-electron chi connectivity index (χ2n) is 5.81. The summed E-state index contributed by atoms with van der Waals surface area (Å²) in [6.45, 7) is -1.42. The lowest BCUT2D eigenvalue weighted by atomic mass is 10.2. The van der Waals surface area contributed by atoms with Gasteiger partial charge in [0.1, 0.15) is 0 Å². The summed E-state index contributed by atoms with van der Waals surface area (Å²) in [7, 11) is 0. The van der Waals surface area contributed by atoms with Crippen molar-refractivity contribution in [3.63, 3.8) is 0 Å². The smallest absolute Gasteiger partial charge is 0.422 e. The molecular weight excluding hydrogens is 375 g/mol. The van der Waals surface area contributed by atoms with E-state index < -0.39 is 24.8 Å². The molecule has 0 aliphatic carbocycles. The lowest BCUT2D eigenvalue weighted by Gasteiger charge is -2.25. The maximum absolute atomic E-state index is 12.2. The molecule has 0 aliphatic heterocycles. The molecular formula is C19H20F3N3O3. The molecule has 2 rings (SSSR count). The van der Waals surface area contributed by atoms with Crippen LogP contribution in [0.15, 0.2) is 60.7 Å². The number of carbonyl (C=O) groups is 2. The van der Waals surface area contributed by atoms with Crippen LogP contribution in [0.2, 0.25) is 0 Å². The fraction of sp³-hybridized carbons (Fsp3) is 0.263. The molecule has 2 aromatic carbocycles. The number of halogens is 3. The Balaban J connectivity index is 1.86. The number of anilines is 1. The quantitative estimate of drug-likeness (QED) is 0.672. The van der Waals surface area contributed by atoms with Gasteiger partial charge in [-0.3, -0.25) is 15.2 Å². The van der Waals surface area contributed by atoms with Gasteiger partial charge in [-0.1, -0.05) is 48.5 Å². The van der Waals surface area contributed by atoms with Gasteiger partial charge in [0.2, 0.25) is 5.91 Å². The second kappa shape index (κ2) is 10.2. The third-order valence-corrected chi connectivity index (χ3v) is 3.50. The number of hydrazine groups is 1. The lowest BCUT2D eigenvalue weighted by molar-refractivity contribution is -0.160. The number of amides is 2. The van der Waals surface area contributed by atoms with Crippen molar-refractivity contribution < 1.29 is 27.5 Å². The van der Waals surface area contributed by atoms with Crippen molar-refractivity contribution in [2.45, 2.75) is 19.1 Å². The first-order valence-corrected chi connectivity index (χ1v) is 8.47. The van der Waals surface area contributed by atoms with Crippen molar-refractivity contribution in [1.29, 1.82) is 0 Å². The van der Waals surface area contributed by atoms with Crippen molar-refractivity contribution in [1.82, 2.24) is 10.7 Å². The number of hydrogen-bond donors (Lipinski definition) is 2. The number of nitrogens with one attached hydrogen (secondary N) is 2. The van der Waals surface area contributed by atoms with E-state index in [1.165, 1.54) is 0 Å². The molecule has 2 amide bonds. The van der Waals surface area contributed by atoms with Crippen LogP contribution >= 0.6 is 0 Å². The highest BCUT2D eigenvalue weighted by Gasteiger charge is 2.29. The van der Waals surface area contributed by atoms with E-state index in [-0.39, 0.29) is 13.0 Å². The van der Waals surface area contributed by atoms with Crippen molar-refractivity contribution >= 4 is 17.7 Å². The minimum absolute atomic E-state index is 0.126. The van der Waals surface area contributed by atoms with Crippen LogP contribution in [0.1, 0.15) is 12.0 Å². The molecule has 150 valence electrons. The molecule has 0 heterocycles. The summed E-state index contributed by atoms with van der Waals surface area (Å²) in [5, 5.41) is 3.76. The van der Waals surface area contributed by atoms with Crippen LogP contribution in [0.25, 0.3) is 0 Å². The highest BCUT2D eigenvalue weighted by molar-refractivity contribution is 5.78. The minimum atomic E-state index is -4.59. The van der Waals surface area contributed by atoms with Crippen LogP contribution < -0.4 is 15.8 Å². The van der Waals surface area contributed by atoms with E-state index in [2.05, 4.69) is 15.5 Å². The predicted octanol–water partition coefficient (Wildman–Crippen LogP) is 3.40. The zero-order valence-electron chi connectivity index (χ0n) is 14.9. The van der Waals surface area contributed by atoms with E-state index in [9.17, 15) is 22.8 Å². The number of alkyl halides is 3. The fourth-order valence-electron chi connectivity index (χ4n) is 2.25. The van der Waals surface area contributed by atoms with E-state index in [4.69, 9.17) is 0 Å². The maximum Gasteiger partial charge on any atom is 0.422 e. The van der Waals surface area contributed by atoms with Crippen molar-refractivity contribution in [2.24, 2.45) is 0 Å². The number of benzene rings is 2. The molecule has 28 heavy (non-hydrogen) atoms. The summed E-state index contributed by atoms with van der Waals surface area (Å²) in [6.07, 6.45) is -5.95. The second-order valence-corrected chi connectivity index (χ2v) is 5.81. The summed E-state index contributed by atoms with van der Waals surface area (Å²) < 4.78 is 39.9. The standard InChI is InChI=1S/C19H20F3N3O3/c20-19(21,22)14-28-18(27)23-12-11-17(26)24-25(16-9-5-2-6-10-16)13-15-7-3-1-4-8-15/h1-10H,11-14H2,(H,23,27)(H,24,26). The van der Waals surface area contributed by atoms with Gasteiger partial charge in [-0.15, -0.1) is 0 Å². The summed E-state index contributed by atoms with van der Waals surface area (Å²) in [5.41, 5.74) is 4.47. The van der Waals surface area contributed by atoms with Gasteiger partial charge in [-0.2, -0.15) is 13.2 Å². The highest BCUT2D eigenvalue weighted by Crippen LogP contribution is 2.15. The minimum Gasteiger partial charge on any atom is -0.440 e. The summed E-state index contributed by atoms with van der Waals surface area (Å²) in [5.74, 6) is -0.407. The lowest BCUT2D eigenvalue weighted by Crippen LogP contribution is -2.43. The van der Waals surface area contributed by atoms with Crippen LogP contribution in [0.5, 0.6) is 0 Å². The molecule has 9 heteroatoms. The first-order valence-electron chi connectivity index (χ1n) is 8.47. The number of nitrogens with zero attached hydrogens (tertiary/aromatic N) is 1. The molecule has 6 nitrogen and oxygen atoms in total. The van der Waals surface area contributed by atoms with Gasteiger partial charge in [0.05, 0.1) is 12.2 Å². The molecule has 2 aromatic rings. The molecule has 0 aliphatic rings. The number of para-hydroxylation sites is 1. The van der Waals surface area contributed by atoms with E-state index in [0.29, 0.717) is 6.54 Å². The van der Waals surface area contributed by atoms with E-state index in [0.717, 1.165) is 11.3 Å². The first kappa shape index (κ1) is 21.1. The Morgan fingerprint density at radius 3 is 2.18 bits per heavy atom. The number of alkyl carbamates (subject to hydrolysis) is 1. The largest absolute Gasteiger partial charge is 0.440 e. The van der Waals surface area contributed by atoms with Crippen LogP contribution in [0, 0.1) is 0 Å². The summed E-state index contributed by atoms with van der Waals surface area (Å²) in [4.78, 5) is 23.4. The molecule has 0 radical (unpaired) electrons. The molecule has 0 atom stereocenters. The Hall–Kier alpha value is -3.23. The Kier molecular flexibility index (Phi) is 7.67. The van der Waals surface area contributed by atoms with Gasteiger partial charge >= 0.3 is 12.3 Å². The van der Waals surface area contributed by atoms with Gasteiger partial charge in [0.25, 0.3) is 0 Å². The summed E-state index contributed by atoms with van der Waals surface area (Å²) in [6, 6.07) is 18.7. The number of carbonyl (C=O) groups excluding carboxylic acids is 2. The number of hydrogen-bond acceptors (Lipinski definition) is 4. The topological polar surface area (TPSA) is 70.7 Å². The fourth-order valence-corrected chi connectivity index (χ4v) is 2.25. The SMILES string of the molecule is O=C(CCNC(=O)OCC(F)(F)F)NN(Cc1ccccc1)c1ccccc1. The first-order chi connectivity index (χ1) is 13.3. The van der Waals surface area contributed by atoms with Crippen LogP contribution in [-0.4, -0.2) is 31.3 Å². The maximum atomic E-state index is 12.2. The number of ether oxygens (including phenoxy) is 1. The monoisotopic (exact) mass is 395 g/mol. The molecule has 0 bridgehead atoms. The van der Waals surface area contributed by atoms with Gasteiger partial charge < -0.3 is 10.1 Å². The molecule has 0 fully saturated rings. The average molecular weight is 395 g/mol. The zero-order valence-corrected chi connectivity index (χ0v) is 14.9.